The van der Waals surface area contributed by atoms with Crippen molar-refractivity contribution >= 4 is 31.9 Å². The van der Waals surface area contributed by atoms with E-state index in [0.29, 0.717) is 25.0 Å². The highest BCUT2D eigenvalue weighted by atomic mass is 32.2. The van der Waals surface area contributed by atoms with Gasteiger partial charge in [-0.3, -0.25) is 4.18 Å². The second-order valence-electron chi connectivity index (χ2n) is 11.8. The largest absolute Gasteiger partial charge is 0.391 e. The van der Waals surface area contributed by atoms with Gasteiger partial charge < -0.3 is 31.2 Å². The van der Waals surface area contributed by atoms with Crippen LogP contribution in [0.25, 0.3) is 21.8 Å². The second-order valence-corrected chi connectivity index (χ2v) is 13.5. The predicted octanol–water partition coefficient (Wildman–Crippen LogP) is 5.21. The van der Waals surface area contributed by atoms with Gasteiger partial charge in [-0.2, -0.15) is 8.42 Å². The number of aliphatic hydroxyl groups excluding tert-OH is 2. The fourth-order valence-corrected chi connectivity index (χ4v) is 5.38. The van der Waals surface area contributed by atoms with Crippen LogP contribution in [0, 0.1) is 6.92 Å². The van der Waals surface area contributed by atoms with Crippen LogP contribution < -0.4 is 11.1 Å². The maximum absolute atomic E-state index is 12.1. The minimum Gasteiger partial charge on any atom is -0.391 e. The van der Waals surface area contributed by atoms with Gasteiger partial charge >= 0.3 is 0 Å². The van der Waals surface area contributed by atoms with Crippen molar-refractivity contribution < 1.29 is 22.8 Å². The number of aromatic amines is 2. The van der Waals surface area contributed by atoms with Crippen LogP contribution in [0.15, 0.2) is 89.8 Å². The summed E-state index contributed by atoms with van der Waals surface area (Å²) in [4.78, 5) is 6.61. The van der Waals surface area contributed by atoms with Crippen LogP contribution >= 0.6 is 0 Å². The molecule has 0 radical (unpaired) electrons. The number of rotatable bonds is 11. The van der Waals surface area contributed by atoms with Gasteiger partial charge in [-0.25, -0.2) is 0 Å². The molecule has 0 aliphatic carbocycles. The summed E-state index contributed by atoms with van der Waals surface area (Å²) in [5.74, 6) is 0. The summed E-state index contributed by atoms with van der Waals surface area (Å²) >= 11 is 0. The SMILES string of the molecule is CC(C)N.CC(C)NC[C@H](O)Cc1cc2ccccc2[nH]1.Cc1ccc(S(=O)(=O)OC[C@H](O)Cc2cc3ccccc3[nH]2)cc1. The molecule has 0 fully saturated rings. The van der Waals surface area contributed by atoms with Crippen molar-refractivity contribution in [3.8, 4) is 0 Å². The lowest BCUT2D eigenvalue weighted by Gasteiger charge is -2.13. The molecule has 2 heterocycles. The van der Waals surface area contributed by atoms with Gasteiger partial charge in [0.15, 0.2) is 0 Å². The molecule has 0 saturated carbocycles. The molecule has 0 spiro atoms. The number of para-hydroxylation sites is 2. The van der Waals surface area contributed by atoms with E-state index in [1.165, 1.54) is 17.5 Å². The fraction of sp³-hybridized carbons (Fsp3) is 0.371. The van der Waals surface area contributed by atoms with Gasteiger partial charge in [-0.15, -0.1) is 0 Å². The zero-order valence-corrected chi connectivity index (χ0v) is 27.6. The highest BCUT2D eigenvalue weighted by molar-refractivity contribution is 7.86. The lowest BCUT2D eigenvalue weighted by molar-refractivity contribution is 0.110. The molecule has 0 aliphatic heterocycles. The van der Waals surface area contributed by atoms with E-state index in [1.807, 2.05) is 63.2 Å². The number of hydrogen-bond donors (Lipinski definition) is 6. The van der Waals surface area contributed by atoms with E-state index in [4.69, 9.17) is 9.92 Å². The summed E-state index contributed by atoms with van der Waals surface area (Å²) in [6.45, 7) is 10.3. The number of aliphatic hydroxyl groups is 2. The average molecular weight is 637 g/mol. The minimum atomic E-state index is -3.86. The Morgan fingerprint density at radius 2 is 1.24 bits per heavy atom. The predicted molar refractivity (Wildman–Crippen MR) is 183 cm³/mol. The van der Waals surface area contributed by atoms with Crippen LogP contribution in [0.5, 0.6) is 0 Å². The topological polar surface area (TPSA) is 153 Å². The first-order valence-corrected chi connectivity index (χ1v) is 16.7. The summed E-state index contributed by atoms with van der Waals surface area (Å²) in [5.41, 5.74) is 10.1. The molecular weight excluding hydrogens is 588 g/mol. The van der Waals surface area contributed by atoms with E-state index in [-0.39, 0.29) is 24.0 Å². The molecule has 0 bridgehead atoms. The second kappa shape index (κ2) is 17.3. The maximum atomic E-state index is 12.1. The Hall–Kier alpha value is -3.51. The van der Waals surface area contributed by atoms with Crippen molar-refractivity contribution in [2.75, 3.05) is 13.2 Å². The summed E-state index contributed by atoms with van der Waals surface area (Å²) in [7, 11) is -3.86. The molecule has 0 aliphatic rings. The molecule has 3 aromatic carbocycles. The lowest BCUT2D eigenvalue weighted by atomic mass is 10.2. The average Bonchev–Trinajstić information content (AvgIpc) is 3.58. The first-order valence-electron chi connectivity index (χ1n) is 15.3. The van der Waals surface area contributed by atoms with Crippen LogP contribution in [-0.4, -0.2) is 66.0 Å². The van der Waals surface area contributed by atoms with E-state index < -0.39 is 16.2 Å². The fourth-order valence-electron chi connectivity index (χ4n) is 4.44. The Bertz CT molecular complexity index is 1630. The molecule has 2 atom stereocenters. The Kier molecular flexibility index (Phi) is 13.8. The lowest BCUT2D eigenvalue weighted by Crippen LogP contribution is -2.33. The summed E-state index contributed by atoms with van der Waals surface area (Å²) < 4.78 is 29.2. The third-order valence-corrected chi connectivity index (χ3v) is 7.87. The Morgan fingerprint density at radius 3 is 1.71 bits per heavy atom. The molecule has 5 aromatic rings. The summed E-state index contributed by atoms with van der Waals surface area (Å²) in [6.07, 6.45) is -0.310. The molecule has 244 valence electrons. The van der Waals surface area contributed by atoms with E-state index in [0.717, 1.165) is 33.4 Å². The molecule has 0 amide bonds. The highest BCUT2D eigenvalue weighted by Crippen LogP contribution is 2.18. The Labute approximate surface area is 267 Å². The van der Waals surface area contributed by atoms with E-state index in [1.54, 1.807) is 12.1 Å². The third-order valence-electron chi connectivity index (χ3n) is 6.57. The van der Waals surface area contributed by atoms with Gasteiger partial charge in [-0.1, -0.05) is 81.8 Å². The van der Waals surface area contributed by atoms with E-state index >= 15 is 0 Å². The van der Waals surface area contributed by atoms with Gasteiger partial charge in [0.25, 0.3) is 10.1 Å². The smallest absolute Gasteiger partial charge is 0.297 e. The normalized spacial score (nSPS) is 12.9. The number of aryl methyl sites for hydroxylation is 1. The first-order chi connectivity index (χ1) is 21.3. The molecule has 2 aromatic heterocycles. The molecule has 10 heteroatoms. The van der Waals surface area contributed by atoms with Crippen molar-refractivity contribution in [1.82, 2.24) is 15.3 Å². The summed E-state index contributed by atoms with van der Waals surface area (Å²) in [5, 5.41) is 25.5. The summed E-state index contributed by atoms with van der Waals surface area (Å²) in [6, 6.07) is 27.1. The van der Waals surface area contributed by atoms with Gasteiger partial charge in [-0.05, 0) is 60.1 Å². The zero-order valence-electron chi connectivity index (χ0n) is 26.8. The van der Waals surface area contributed by atoms with Gasteiger partial charge in [0.1, 0.15) is 0 Å². The van der Waals surface area contributed by atoms with Crippen molar-refractivity contribution in [3.63, 3.8) is 0 Å². The van der Waals surface area contributed by atoms with Crippen molar-refractivity contribution in [1.29, 1.82) is 0 Å². The van der Waals surface area contributed by atoms with Crippen LogP contribution in [-0.2, 0) is 27.1 Å². The van der Waals surface area contributed by atoms with Crippen LogP contribution in [0.2, 0.25) is 0 Å². The quantitative estimate of drug-likeness (QED) is 0.109. The van der Waals surface area contributed by atoms with Gasteiger partial charge in [0.05, 0.1) is 23.7 Å². The number of nitrogens with two attached hydrogens (primary N) is 1. The molecule has 7 N–H and O–H groups in total. The molecule has 45 heavy (non-hydrogen) atoms. The third kappa shape index (κ3) is 12.4. The number of nitrogens with one attached hydrogen (secondary N) is 3. The number of hydrogen-bond acceptors (Lipinski definition) is 7. The number of H-pyrrole nitrogens is 2. The standard InChI is InChI=1S/C18H19NO4S.C14H20N2O.C3H9N/c1-13-6-8-17(9-7-13)24(21,22)23-12-16(20)11-15-10-14-4-2-3-5-18(14)19-15;1-10(2)15-9-13(17)8-12-7-11-5-3-4-6-14(11)16-12;1-3(2)4/h2-10,16,19-20H,11-12H2,1H3;3-7,10,13,15-17H,8-9H2,1-2H3;3H,4H2,1-2H3/t16-;13-;/m11./s1. The van der Waals surface area contributed by atoms with Crippen molar-refractivity contribution in [3.05, 3.63) is 102 Å². The van der Waals surface area contributed by atoms with Crippen LogP contribution in [0.1, 0.15) is 44.6 Å². The van der Waals surface area contributed by atoms with Crippen LogP contribution in [0.3, 0.4) is 0 Å². The van der Waals surface area contributed by atoms with E-state index in [9.17, 15) is 18.6 Å². The number of fused-ring (bicyclic) bond motifs is 2. The molecule has 0 saturated heterocycles. The zero-order chi connectivity index (χ0) is 33.0. The molecule has 5 rings (SSSR count). The number of aromatic nitrogens is 2. The maximum Gasteiger partial charge on any atom is 0.297 e. The Balaban J connectivity index is 0.000000230. The molecule has 0 unspecified atom stereocenters. The Morgan fingerprint density at radius 1 is 0.778 bits per heavy atom. The molecule has 9 nitrogen and oxygen atoms in total. The van der Waals surface area contributed by atoms with Gasteiger partial charge in [0.2, 0.25) is 0 Å². The van der Waals surface area contributed by atoms with E-state index in [2.05, 4.69) is 47.3 Å². The number of benzene rings is 3. The van der Waals surface area contributed by atoms with Gasteiger partial charge in [0, 0.05) is 47.8 Å². The highest BCUT2D eigenvalue weighted by Gasteiger charge is 2.18. The van der Waals surface area contributed by atoms with Crippen molar-refractivity contribution in [2.45, 2.75) is 76.6 Å². The monoisotopic (exact) mass is 636 g/mol. The molecular formula is C35H48N4O5S. The first kappa shape index (κ1) is 36.0. The van der Waals surface area contributed by atoms with Crippen molar-refractivity contribution in [2.24, 2.45) is 5.73 Å². The minimum absolute atomic E-state index is 0.0888. The van der Waals surface area contributed by atoms with Crippen LogP contribution in [0.4, 0.5) is 0 Å².